The Hall–Kier alpha value is -3.07. The fraction of sp³-hybridized carbons (Fsp3) is 0.458. The number of methoxy groups -OCH3 is 2. The quantitative estimate of drug-likeness (QED) is 0.571. The van der Waals surface area contributed by atoms with Crippen LogP contribution in [0.15, 0.2) is 27.8 Å². The lowest BCUT2D eigenvalue weighted by Crippen LogP contribution is -2.46. The Morgan fingerprint density at radius 2 is 1.91 bits per heavy atom. The molecule has 1 amide bonds. The molecule has 1 fully saturated rings. The van der Waals surface area contributed by atoms with E-state index in [9.17, 15) is 14.4 Å². The van der Waals surface area contributed by atoms with Crippen LogP contribution in [0.2, 0.25) is 0 Å². The minimum absolute atomic E-state index is 0.110. The fourth-order valence-corrected chi connectivity index (χ4v) is 5.61. The molecule has 0 spiro atoms. The number of fused-ring (bicyclic) bond motifs is 1. The summed E-state index contributed by atoms with van der Waals surface area (Å²) >= 11 is 1.37. The first-order valence-corrected chi connectivity index (χ1v) is 11.9. The van der Waals surface area contributed by atoms with E-state index in [1.807, 2.05) is 25.7 Å². The van der Waals surface area contributed by atoms with E-state index in [1.165, 1.54) is 30.1 Å². The molecule has 0 N–H and O–H groups in total. The highest BCUT2D eigenvalue weighted by Gasteiger charge is 2.27. The number of aryl methyl sites for hydroxylation is 2. The molecule has 1 aromatic carbocycles. The maximum absolute atomic E-state index is 13.7. The Bertz CT molecular complexity index is 1340. The fourth-order valence-electron chi connectivity index (χ4n) is 4.47. The van der Waals surface area contributed by atoms with Gasteiger partial charge >= 0.3 is 5.69 Å². The number of thiophene rings is 1. The monoisotopic (exact) mass is 471 g/mol. The zero-order valence-electron chi connectivity index (χ0n) is 19.6. The zero-order chi connectivity index (χ0) is 23.9. The van der Waals surface area contributed by atoms with Gasteiger partial charge in [0, 0.05) is 23.5 Å². The van der Waals surface area contributed by atoms with Gasteiger partial charge in [0.15, 0.2) is 0 Å². The van der Waals surface area contributed by atoms with E-state index in [1.54, 1.807) is 18.2 Å². The molecule has 1 aliphatic heterocycles. The van der Waals surface area contributed by atoms with Crippen LogP contribution in [0.5, 0.6) is 11.5 Å². The molecule has 8 nitrogen and oxygen atoms in total. The Labute approximate surface area is 196 Å². The lowest BCUT2D eigenvalue weighted by atomic mass is 10.0. The minimum atomic E-state index is -0.560. The average Bonchev–Trinajstić information content (AvgIpc) is 3.11. The first-order chi connectivity index (χ1) is 15.8. The molecule has 2 aromatic heterocycles. The summed E-state index contributed by atoms with van der Waals surface area (Å²) in [4.78, 5) is 43.9. The van der Waals surface area contributed by atoms with E-state index >= 15 is 0 Å². The highest BCUT2D eigenvalue weighted by Crippen LogP contribution is 2.30. The van der Waals surface area contributed by atoms with Gasteiger partial charge in [0.25, 0.3) is 5.56 Å². The van der Waals surface area contributed by atoms with E-state index in [2.05, 4.69) is 0 Å². The first kappa shape index (κ1) is 23.1. The molecular weight excluding hydrogens is 442 g/mol. The second-order valence-electron chi connectivity index (χ2n) is 8.44. The number of carbonyl (C=O) groups is 1. The third-order valence-electron chi connectivity index (χ3n) is 6.50. The van der Waals surface area contributed by atoms with Gasteiger partial charge in [-0.2, -0.15) is 0 Å². The zero-order valence-corrected chi connectivity index (χ0v) is 20.5. The van der Waals surface area contributed by atoms with Crippen molar-refractivity contribution in [2.45, 2.75) is 52.6 Å². The van der Waals surface area contributed by atoms with Crippen LogP contribution in [0.1, 0.15) is 36.6 Å². The van der Waals surface area contributed by atoms with Crippen LogP contribution in [-0.2, 0) is 11.3 Å². The number of rotatable bonds is 5. The number of nitrogens with zero attached hydrogens (tertiary/aromatic N) is 3. The van der Waals surface area contributed by atoms with Crippen molar-refractivity contribution in [2.24, 2.45) is 0 Å². The third-order valence-corrected chi connectivity index (χ3v) is 7.73. The van der Waals surface area contributed by atoms with Gasteiger partial charge in [-0.3, -0.25) is 14.2 Å². The van der Waals surface area contributed by atoms with Gasteiger partial charge in [0.05, 0.1) is 25.3 Å². The van der Waals surface area contributed by atoms with Gasteiger partial charge in [-0.05, 0) is 57.7 Å². The number of amides is 1. The van der Waals surface area contributed by atoms with Crippen LogP contribution < -0.4 is 20.7 Å². The largest absolute Gasteiger partial charge is 0.497 e. The molecule has 0 radical (unpaired) electrons. The molecule has 9 heteroatoms. The molecule has 0 bridgehead atoms. The molecule has 3 aromatic rings. The van der Waals surface area contributed by atoms with Gasteiger partial charge in [-0.15, -0.1) is 11.3 Å². The first-order valence-electron chi connectivity index (χ1n) is 11.1. The third kappa shape index (κ3) is 3.94. The number of carbonyl (C=O) groups excluding carboxylic acids is 1. The molecule has 176 valence electrons. The normalized spacial score (nSPS) is 16.3. The van der Waals surface area contributed by atoms with Crippen molar-refractivity contribution in [1.82, 2.24) is 14.0 Å². The Balaban J connectivity index is 1.95. The predicted octanol–water partition coefficient (Wildman–Crippen LogP) is 3.25. The number of ether oxygens (including phenoxy) is 2. The van der Waals surface area contributed by atoms with Crippen LogP contribution in [0.4, 0.5) is 0 Å². The number of piperidine rings is 1. The average molecular weight is 472 g/mol. The van der Waals surface area contributed by atoms with E-state index < -0.39 is 11.2 Å². The molecular formula is C24H29N3O5S. The lowest BCUT2D eigenvalue weighted by molar-refractivity contribution is -0.135. The molecule has 1 unspecified atom stereocenters. The summed E-state index contributed by atoms with van der Waals surface area (Å²) in [6.07, 6.45) is 3.01. The molecule has 0 aliphatic carbocycles. The molecule has 4 rings (SSSR count). The van der Waals surface area contributed by atoms with E-state index in [0.717, 1.165) is 34.3 Å². The highest BCUT2D eigenvalue weighted by atomic mass is 32.1. The summed E-state index contributed by atoms with van der Waals surface area (Å²) in [6.45, 7) is 6.40. The number of likely N-dealkylation sites (tertiary alicyclic amines) is 1. The summed E-state index contributed by atoms with van der Waals surface area (Å²) in [7, 11) is 3.01. The van der Waals surface area contributed by atoms with Gasteiger partial charge in [-0.1, -0.05) is 0 Å². The summed E-state index contributed by atoms with van der Waals surface area (Å²) < 4.78 is 13.3. The Morgan fingerprint density at radius 3 is 2.58 bits per heavy atom. The summed E-state index contributed by atoms with van der Waals surface area (Å²) in [5, 5.41) is 0.453. The van der Waals surface area contributed by atoms with Crippen molar-refractivity contribution < 1.29 is 14.3 Å². The highest BCUT2D eigenvalue weighted by molar-refractivity contribution is 7.18. The minimum Gasteiger partial charge on any atom is -0.497 e. The van der Waals surface area contributed by atoms with Crippen molar-refractivity contribution >= 4 is 27.5 Å². The topological polar surface area (TPSA) is 82.8 Å². The lowest BCUT2D eigenvalue weighted by Gasteiger charge is -2.33. The smallest absolute Gasteiger partial charge is 0.337 e. The van der Waals surface area contributed by atoms with Crippen LogP contribution in [0, 0.1) is 13.8 Å². The van der Waals surface area contributed by atoms with E-state index in [0.29, 0.717) is 33.9 Å². The van der Waals surface area contributed by atoms with Crippen molar-refractivity contribution in [3.8, 4) is 17.2 Å². The van der Waals surface area contributed by atoms with Crippen molar-refractivity contribution in [3.63, 3.8) is 0 Å². The maximum atomic E-state index is 13.7. The molecule has 1 atom stereocenters. The van der Waals surface area contributed by atoms with Gasteiger partial charge in [-0.25, -0.2) is 9.36 Å². The number of aromatic nitrogens is 2. The van der Waals surface area contributed by atoms with Gasteiger partial charge in [0.2, 0.25) is 5.91 Å². The standard InChI is InChI=1S/C24H29N3O5S/c1-14-8-6-7-11-25(14)20(28)13-26-23-21(15(2)16(3)33-23)22(29)27(24(26)30)18-10-9-17(31-4)12-19(18)32-5/h9-10,12,14H,6-8,11,13H2,1-5H3. The molecule has 33 heavy (non-hydrogen) atoms. The van der Waals surface area contributed by atoms with Crippen LogP contribution in [-0.4, -0.2) is 46.7 Å². The molecule has 1 aliphatic rings. The van der Waals surface area contributed by atoms with Crippen molar-refractivity contribution in [1.29, 1.82) is 0 Å². The summed E-state index contributed by atoms with van der Waals surface area (Å²) in [5.41, 5.74) is 0.144. The van der Waals surface area contributed by atoms with Crippen molar-refractivity contribution in [3.05, 3.63) is 49.5 Å². The second-order valence-corrected chi connectivity index (χ2v) is 9.65. The number of hydrogen-bond donors (Lipinski definition) is 0. The van der Waals surface area contributed by atoms with Crippen LogP contribution in [0.3, 0.4) is 0 Å². The summed E-state index contributed by atoms with van der Waals surface area (Å²) in [5.74, 6) is 0.767. The molecule has 0 saturated carbocycles. The van der Waals surface area contributed by atoms with Gasteiger partial charge in [0.1, 0.15) is 22.9 Å². The van der Waals surface area contributed by atoms with Crippen molar-refractivity contribution in [2.75, 3.05) is 20.8 Å². The van der Waals surface area contributed by atoms with E-state index in [-0.39, 0.29) is 18.5 Å². The molecule has 3 heterocycles. The Morgan fingerprint density at radius 1 is 1.15 bits per heavy atom. The Kier molecular flexibility index (Phi) is 6.34. The van der Waals surface area contributed by atoms with Crippen LogP contribution in [0.25, 0.3) is 15.9 Å². The summed E-state index contributed by atoms with van der Waals surface area (Å²) in [6, 6.07) is 5.06. The SMILES string of the molecule is COc1ccc(-n2c(=O)c3c(C)c(C)sc3n(CC(=O)N3CCCCC3C)c2=O)c(OC)c1. The molecule has 1 saturated heterocycles. The van der Waals surface area contributed by atoms with Crippen LogP contribution >= 0.6 is 11.3 Å². The number of hydrogen-bond acceptors (Lipinski definition) is 6. The van der Waals surface area contributed by atoms with E-state index in [4.69, 9.17) is 9.47 Å². The second kappa shape index (κ2) is 9.05. The predicted molar refractivity (Wildman–Crippen MR) is 129 cm³/mol. The maximum Gasteiger partial charge on any atom is 0.337 e. The number of benzene rings is 1. The van der Waals surface area contributed by atoms with Gasteiger partial charge < -0.3 is 14.4 Å².